The maximum atomic E-state index is 11.3. The number of halogens is 1. The topological polar surface area (TPSA) is 64.3 Å². The first kappa shape index (κ1) is 15.9. The lowest BCUT2D eigenvalue weighted by molar-refractivity contribution is -0.121. The lowest BCUT2D eigenvalue weighted by Gasteiger charge is -2.09. The van der Waals surface area contributed by atoms with E-state index >= 15 is 0 Å². The van der Waals surface area contributed by atoms with Crippen LogP contribution in [0.4, 0.5) is 0 Å². The minimum atomic E-state index is -0.0188. The number of hydrogen-bond acceptors (Lipinski definition) is 3. The van der Waals surface area contributed by atoms with E-state index in [1.165, 1.54) is 0 Å². The highest BCUT2D eigenvalue weighted by Crippen LogP contribution is 2.09. The largest absolute Gasteiger partial charge is 0.380 e. The van der Waals surface area contributed by atoms with Crippen molar-refractivity contribution in [2.75, 3.05) is 13.7 Å². The Labute approximate surface area is 108 Å². The Morgan fingerprint density at radius 1 is 1.35 bits per heavy atom. The number of rotatable bonds is 6. The SMILES string of the molecule is COCc1ccccc1CNC(=O)CCN.Cl. The van der Waals surface area contributed by atoms with Crippen LogP contribution in [-0.2, 0) is 22.7 Å². The third-order valence-electron chi connectivity index (χ3n) is 2.27. The second-order valence-electron chi connectivity index (χ2n) is 3.52. The van der Waals surface area contributed by atoms with E-state index in [0.29, 0.717) is 26.1 Å². The molecule has 0 bridgehead atoms. The van der Waals surface area contributed by atoms with Gasteiger partial charge in [0.1, 0.15) is 0 Å². The van der Waals surface area contributed by atoms with Gasteiger partial charge in [-0.1, -0.05) is 24.3 Å². The van der Waals surface area contributed by atoms with Crippen molar-refractivity contribution in [3.63, 3.8) is 0 Å². The summed E-state index contributed by atoms with van der Waals surface area (Å²) in [5, 5.41) is 2.82. The normalized spacial score (nSPS) is 9.53. The summed E-state index contributed by atoms with van der Waals surface area (Å²) in [6.07, 6.45) is 0.368. The van der Waals surface area contributed by atoms with Crippen LogP contribution in [0.5, 0.6) is 0 Å². The monoisotopic (exact) mass is 258 g/mol. The van der Waals surface area contributed by atoms with Crippen molar-refractivity contribution in [1.82, 2.24) is 5.32 Å². The van der Waals surface area contributed by atoms with E-state index in [0.717, 1.165) is 11.1 Å². The van der Waals surface area contributed by atoms with Gasteiger partial charge in [-0.05, 0) is 11.1 Å². The molecule has 0 radical (unpaired) electrons. The fourth-order valence-corrected chi connectivity index (χ4v) is 1.44. The van der Waals surface area contributed by atoms with Gasteiger partial charge in [0.05, 0.1) is 6.61 Å². The summed E-state index contributed by atoms with van der Waals surface area (Å²) in [4.78, 5) is 11.3. The summed E-state index contributed by atoms with van der Waals surface area (Å²) in [5.74, 6) is -0.0188. The molecule has 0 aliphatic carbocycles. The molecule has 0 saturated heterocycles. The van der Waals surface area contributed by atoms with Gasteiger partial charge in [-0.15, -0.1) is 12.4 Å². The average Bonchev–Trinajstić information content (AvgIpc) is 2.29. The molecule has 1 amide bonds. The van der Waals surface area contributed by atoms with Gasteiger partial charge in [-0.3, -0.25) is 4.79 Å². The highest BCUT2D eigenvalue weighted by atomic mass is 35.5. The molecule has 0 aliphatic heterocycles. The van der Waals surface area contributed by atoms with E-state index in [4.69, 9.17) is 10.5 Å². The fourth-order valence-electron chi connectivity index (χ4n) is 1.44. The zero-order valence-corrected chi connectivity index (χ0v) is 10.8. The Morgan fingerprint density at radius 2 is 2.00 bits per heavy atom. The van der Waals surface area contributed by atoms with Crippen molar-refractivity contribution in [3.8, 4) is 0 Å². The number of hydrogen-bond donors (Lipinski definition) is 2. The number of nitrogens with one attached hydrogen (secondary N) is 1. The summed E-state index contributed by atoms with van der Waals surface area (Å²) in [7, 11) is 1.66. The van der Waals surface area contributed by atoms with Crippen molar-refractivity contribution in [1.29, 1.82) is 0 Å². The molecule has 1 rings (SSSR count). The summed E-state index contributed by atoms with van der Waals surface area (Å²) in [6.45, 7) is 1.47. The number of carbonyl (C=O) groups excluding carboxylic acids is 1. The Hall–Kier alpha value is -1.10. The minimum Gasteiger partial charge on any atom is -0.380 e. The van der Waals surface area contributed by atoms with Crippen LogP contribution in [0.25, 0.3) is 0 Å². The second-order valence-corrected chi connectivity index (χ2v) is 3.52. The summed E-state index contributed by atoms with van der Waals surface area (Å²) < 4.78 is 5.09. The van der Waals surface area contributed by atoms with Crippen LogP contribution < -0.4 is 11.1 Å². The molecule has 0 atom stereocenters. The van der Waals surface area contributed by atoms with E-state index in [-0.39, 0.29) is 18.3 Å². The van der Waals surface area contributed by atoms with E-state index in [1.807, 2.05) is 24.3 Å². The van der Waals surface area contributed by atoms with Gasteiger partial charge >= 0.3 is 0 Å². The van der Waals surface area contributed by atoms with Crippen LogP contribution in [0.2, 0.25) is 0 Å². The van der Waals surface area contributed by atoms with Crippen molar-refractivity contribution in [2.24, 2.45) is 5.73 Å². The van der Waals surface area contributed by atoms with Crippen LogP contribution in [0, 0.1) is 0 Å². The minimum absolute atomic E-state index is 0. The Balaban J connectivity index is 0.00000256. The Bertz CT molecular complexity index is 345. The summed E-state index contributed by atoms with van der Waals surface area (Å²) in [6, 6.07) is 7.88. The molecule has 0 spiro atoms. The van der Waals surface area contributed by atoms with Crippen molar-refractivity contribution in [3.05, 3.63) is 35.4 Å². The zero-order valence-electron chi connectivity index (χ0n) is 9.94. The van der Waals surface area contributed by atoms with Crippen molar-refractivity contribution < 1.29 is 9.53 Å². The standard InChI is InChI=1S/C12H18N2O2.ClH/c1-16-9-11-5-3-2-4-10(11)8-14-12(15)6-7-13;/h2-5H,6-9,13H2,1H3,(H,14,15);1H. The highest BCUT2D eigenvalue weighted by Gasteiger charge is 2.03. The maximum absolute atomic E-state index is 11.3. The van der Waals surface area contributed by atoms with Crippen LogP contribution >= 0.6 is 12.4 Å². The van der Waals surface area contributed by atoms with E-state index in [9.17, 15) is 4.79 Å². The molecular formula is C12H19ClN2O2. The van der Waals surface area contributed by atoms with E-state index in [1.54, 1.807) is 7.11 Å². The summed E-state index contributed by atoms with van der Waals surface area (Å²) >= 11 is 0. The molecule has 0 aromatic heterocycles. The van der Waals surface area contributed by atoms with E-state index < -0.39 is 0 Å². The molecule has 0 aliphatic rings. The Morgan fingerprint density at radius 3 is 2.59 bits per heavy atom. The van der Waals surface area contributed by atoms with Gasteiger partial charge < -0.3 is 15.8 Å². The van der Waals surface area contributed by atoms with Gasteiger partial charge in [-0.25, -0.2) is 0 Å². The molecule has 0 heterocycles. The third kappa shape index (κ3) is 5.68. The maximum Gasteiger partial charge on any atom is 0.221 e. The van der Waals surface area contributed by atoms with E-state index in [2.05, 4.69) is 5.32 Å². The lowest BCUT2D eigenvalue weighted by Crippen LogP contribution is -2.25. The fraction of sp³-hybridized carbons (Fsp3) is 0.417. The smallest absolute Gasteiger partial charge is 0.221 e. The molecule has 4 nitrogen and oxygen atoms in total. The number of carbonyl (C=O) groups is 1. The third-order valence-corrected chi connectivity index (χ3v) is 2.27. The first-order valence-corrected chi connectivity index (χ1v) is 5.30. The molecule has 1 aromatic rings. The van der Waals surface area contributed by atoms with Crippen molar-refractivity contribution in [2.45, 2.75) is 19.6 Å². The van der Waals surface area contributed by atoms with Gasteiger partial charge in [-0.2, -0.15) is 0 Å². The van der Waals surface area contributed by atoms with Crippen LogP contribution in [-0.4, -0.2) is 19.6 Å². The Kier molecular flexibility index (Phi) is 8.40. The number of methoxy groups -OCH3 is 1. The van der Waals surface area contributed by atoms with Gasteiger partial charge in [0.15, 0.2) is 0 Å². The van der Waals surface area contributed by atoms with Gasteiger partial charge in [0, 0.05) is 26.6 Å². The van der Waals surface area contributed by atoms with Gasteiger partial charge in [0.2, 0.25) is 5.91 Å². The number of ether oxygens (including phenoxy) is 1. The highest BCUT2D eigenvalue weighted by molar-refractivity contribution is 5.85. The molecule has 0 fully saturated rings. The van der Waals surface area contributed by atoms with Crippen LogP contribution in [0.15, 0.2) is 24.3 Å². The lowest BCUT2D eigenvalue weighted by atomic mass is 10.1. The summed E-state index contributed by atoms with van der Waals surface area (Å²) in [5.41, 5.74) is 7.47. The molecule has 96 valence electrons. The predicted molar refractivity (Wildman–Crippen MR) is 69.9 cm³/mol. The average molecular weight is 259 g/mol. The molecule has 1 aromatic carbocycles. The quantitative estimate of drug-likeness (QED) is 0.806. The predicted octanol–water partition coefficient (Wildman–Crippen LogP) is 1.22. The molecule has 5 heteroatoms. The molecular weight excluding hydrogens is 240 g/mol. The number of amides is 1. The second kappa shape index (κ2) is 8.98. The first-order chi connectivity index (χ1) is 7.77. The molecule has 17 heavy (non-hydrogen) atoms. The van der Waals surface area contributed by atoms with Crippen LogP contribution in [0.3, 0.4) is 0 Å². The molecule has 0 saturated carbocycles. The van der Waals surface area contributed by atoms with Crippen molar-refractivity contribution >= 4 is 18.3 Å². The number of benzene rings is 1. The molecule has 0 unspecified atom stereocenters. The number of nitrogens with two attached hydrogens (primary N) is 1. The van der Waals surface area contributed by atoms with Gasteiger partial charge in [0.25, 0.3) is 0 Å². The molecule has 3 N–H and O–H groups in total. The zero-order chi connectivity index (χ0) is 11.8. The first-order valence-electron chi connectivity index (χ1n) is 5.30. The van der Waals surface area contributed by atoms with Crippen LogP contribution in [0.1, 0.15) is 17.5 Å².